The molecule has 0 aliphatic rings. The molecule has 0 fully saturated rings. The van der Waals surface area contributed by atoms with Crippen LogP contribution in [-0.2, 0) is 16.6 Å². The van der Waals surface area contributed by atoms with Gasteiger partial charge >= 0.3 is 5.97 Å². The van der Waals surface area contributed by atoms with Gasteiger partial charge in [0, 0.05) is 19.3 Å². The molecule has 0 aliphatic carbocycles. The Balaban J connectivity index is 2.96. The number of carboxylic acid groups (broad SMARTS) is 1. The van der Waals surface area contributed by atoms with Crippen LogP contribution >= 0.6 is 0 Å². The van der Waals surface area contributed by atoms with Crippen LogP contribution in [0.1, 0.15) is 44.1 Å². The van der Waals surface area contributed by atoms with Gasteiger partial charge in [0.1, 0.15) is 10.6 Å². The van der Waals surface area contributed by atoms with E-state index in [4.69, 9.17) is 5.11 Å². The molecule has 0 amide bonds. The van der Waals surface area contributed by atoms with Crippen LogP contribution in [-0.4, -0.2) is 41.3 Å². The van der Waals surface area contributed by atoms with Gasteiger partial charge in [-0.2, -0.15) is 0 Å². The van der Waals surface area contributed by atoms with E-state index >= 15 is 0 Å². The molecule has 1 unspecified atom stereocenters. The molecular formula is C13H22N2O5S. The van der Waals surface area contributed by atoms with E-state index in [1.807, 2.05) is 6.92 Å². The maximum atomic E-state index is 12.2. The summed E-state index contributed by atoms with van der Waals surface area (Å²) in [5.74, 6) is -1.18. The van der Waals surface area contributed by atoms with Gasteiger partial charge in [-0.3, -0.25) is 0 Å². The Kier molecular flexibility index (Phi) is 5.54. The van der Waals surface area contributed by atoms with Crippen molar-refractivity contribution < 1.29 is 23.4 Å². The molecule has 3 N–H and O–H groups in total. The van der Waals surface area contributed by atoms with Gasteiger partial charge in [0.15, 0.2) is 0 Å². The van der Waals surface area contributed by atoms with Gasteiger partial charge in [-0.05, 0) is 26.3 Å². The average molecular weight is 318 g/mol. The lowest BCUT2D eigenvalue weighted by Crippen LogP contribution is -2.40. The van der Waals surface area contributed by atoms with Crippen LogP contribution in [0.25, 0.3) is 0 Å². The highest BCUT2D eigenvalue weighted by Crippen LogP contribution is 2.16. The smallest absolute Gasteiger partial charge is 0.352 e. The number of sulfonamides is 1. The van der Waals surface area contributed by atoms with Crippen LogP contribution in [0.5, 0.6) is 0 Å². The summed E-state index contributed by atoms with van der Waals surface area (Å²) in [6.45, 7) is 5.40. The number of carboxylic acids is 1. The first kappa shape index (κ1) is 17.7. The predicted molar refractivity (Wildman–Crippen MR) is 77.8 cm³/mol. The lowest BCUT2D eigenvalue weighted by atomic mass is 10.0. The predicted octanol–water partition coefficient (Wildman–Crippen LogP) is 1.04. The number of aromatic nitrogens is 1. The van der Waals surface area contributed by atoms with E-state index in [0.717, 1.165) is 12.5 Å². The number of aromatic carboxylic acids is 1. The number of rotatable bonds is 8. The fraction of sp³-hybridized carbons (Fsp3) is 0.615. The SMILES string of the molecule is CCCC(C)(O)CNS(=O)(=O)c1cc(C(=O)O)n(CC)c1. The van der Waals surface area contributed by atoms with Crippen LogP contribution in [0.3, 0.4) is 0 Å². The van der Waals surface area contributed by atoms with Gasteiger partial charge in [-0.1, -0.05) is 13.3 Å². The maximum absolute atomic E-state index is 12.2. The topological polar surface area (TPSA) is 109 Å². The molecule has 0 spiro atoms. The Hall–Kier alpha value is -1.38. The Morgan fingerprint density at radius 3 is 2.48 bits per heavy atom. The molecule has 7 nitrogen and oxygen atoms in total. The number of carbonyl (C=O) groups is 1. The highest BCUT2D eigenvalue weighted by atomic mass is 32.2. The molecule has 1 atom stereocenters. The Bertz CT molecular complexity index is 604. The molecule has 1 rings (SSSR count). The summed E-state index contributed by atoms with van der Waals surface area (Å²) in [7, 11) is -3.85. The van der Waals surface area contributed by atoms with E-state index in [1.54, 1.807) is 13.8 Å². The van der Waals surface area contributed by atoms with E-state index in [0.29, 0.717) is 13.0 Å². The molecule has 1 aromatic rings. The van der Waals surface area contributed by atoms with Crippen LogP contribution < -0.4 is 4.72 Å². The monoisotopic (exact) mass is 318 g/mol. The van der Waals surface area contributed by atoms with Gasteiger partial charge in [-0.15, -0.1) is 0 Å². The van der Waals surface area contributed by atoms with E-state index in [9.17, 15) is 18.3 Å². The largest absolute Gasteiger partial charge is 0.477 e. The molecule has 1 heterocycles. The summed E-state index contributed by atoms with van der Waals surface area (Å²) in [6, 6.07) is 1.11. The summed E-state index contributed by atoms with van der Waals surface area (Å²) in [4.78, 5) is 10.9. The summed E-state index contributed by atoms with van der Waals surface area (Å²) in [6.07, 6.45) is 2.47. The van der Waals surface area contributed by atoms with Crippen molar-refractivity contribution in [3.63, 3.8) is 0 Å². The van der Waals surface area contributed by atoms with Gasteiger partial charge in [0.25, 0.3) is 0 Å². The summed E-state index contributed by atoms with van der Waals surface area (Å²) in [5, 5.41) is 19.0. The average Bonchev–Trinajstić information content (AvgIpc) is 2.82. The molecule has 0 aliphatic heterocycles. The zero-order chi connectivity index (χ0) is 16.3. The van der Waals surface area contributed by atoms with Gasteiger partial charge in [-0.25, -0.2) is 17.9 Å². The number of aryl methyl sites for hydroxylation is 1. The molecule has 0 saturated heterocycles. The first-order chi connectivity index (χ1) is 9.63. The normalized spacial score (nSPS) is 14.9. The van der Waals surface area contributed by atoms with Gasteiger partial charge in [0.05, 0.1) is 5.60 Å². The van der Waals surface area contributed by atoms with Crippen molar-refractivity contribution in [2.24, 2.45) is 0 Å². The van der Waals surface area contributed by atoms with Crippen molar-refractivity contribution >= 4 is 16.0 Å². The van der Waals surface area contributed by atoms with Crippen LogP contribution in [0.15, 0.2) is 17.2 Å². The Labute approximate surface area is 124 Å². The maximum Gasteiger partial charge on any atom is 0.352 e. The molecule has 0 saturated carbocycles. The lowest BCUT2D eigenvalue weighted by molar-refractivity contribution is 0.0554. The molecule has 21 heavy (non-hydrogen) atoms. The van der Waals surface area contributed by atoms with E-state index in [2.05, 4.69) is 4.72 Å². The highest BCUT2D eigenvalue weighted by molar-refractivity contribution is 7.89. The van der Waals surface area contributed by atoms with E-state index < -0.39 is 21.6 Å². The second-order valence-corrected chi connectivity index (χ2v) is 6.99. The minimum atomic E-state index is -3.85. The highest BCUT2D eigenvalue weighted by Gasteiger charge is 2.25. The minimum Gasteiger partial charge on any atom is -0.477 e. The summed E-state index contributed by atoms with van der Waals surface area (Å²) < 4.78 is 28.0. The van der Waals surface area contributed by atoms with Crippen molar-refractivity contribution in [3.8, 4) is 0 Å². The molecule has 120 valence electrons. The zero-order valence-electron chi connectivity index (χ0n) is 12.5. The molecule has 8 heteroatoms. The van der Waals surface area contributed by atoms with Crippen molar-refractivity contribution in [1.29, 1.82) is 0 Å². The minimum absolute atomic E-state index is 0.0850. The van der Waals surface area contributed by atoms with Crippen LogP contribution in [0.4, 0.5) is 0 Å². The Morgan fingerprint density at radius 1 is 1.43 bits per heavy atom. The van der Waals surface area contributed by atoms with Crippen molar-refractivity contribution in [2.45, 2.75) is 50.7 Å². The van der Waals surface area contributed by atoms with Crippen LogP contribution in [0.2, 0.25) is 0 Å². The fourth-order valence-electron chi connectivity index (χ4n) is 2.03. The van der Waals surface area contributed by atoms with E-state index in [-0.39, 0.29) is 17.1 Å². The number of aliphatic hydroxyl groups is 1. The third-order valence-electron chi connectivity index (χ3n) is 3.17. The third kappa shape index (κ3) is 4.55. The fourth-order valence-corrected chi connectivity index (χ4v) is 3.23. The molecule has 0 aromatic carbocycles. The first-order valence-corrected chi connectivity index (χ1v) is 8.27. The molecular weight excluding hydrogens is 296 g/mol. The standard InChI is InChI=1S/C13H22N2O5S/c1-4-6-13(3,18)9-14-21(19,20)10-7-11(12(16)17)15(5-2)8-10/h7-8,14,18H,4-6,9H2,1-3H3,(H,16,17). The lowest BCUT2D eigenvalue weighted by Gasteiger charge is -2.22. The second kappa shape index (κ2) is 6.59. The molecule has 0 radical (unpaired) electrons. The van der Waals surface area contributed by atoms with Crippen molar-refractivity contribution in [2.75, 3.05) is 6.54 Å². The number of nitrogens with zero attached hydrogens (tertiary/aromatic N) is 1. The summed E-state index contributed by atoms with van der Waals surface area (Å²) in [5.41, 5.74) is -1.22. The molecule has 0 bridgehead atoms. The van der Waals surface area contributed by atoms with E-state index in [1.165, 1.54) is 10.8 Å². The summed E-state index contributed by atoms with van der Waals surface area (Å²) >= 11 is 0. The first-order valence-electron chi connectivity index (χ1n) is 6.78. The second-order valence-electron chi connectivity index (χ2n) is 5.22. The van der Waals surface area contributed by atoms with Gasteiger partial charge in [0.2, 0.25) is 10.0 Å². The Morgan fingerprint density at radius 2 is 2.05 bits per heavy atom. The quantitative estimate of drug-likeness (QED) is 0.663. The van der Waals surface area contributed by atoms with Crippen LogP contribution in [0, 0.1) is 0 Å². The molecule has 1 aromatic heterocycles. The number of hydrogen-bond donors (Lipinski definition) is 3. The van der Waals surface area contributed by atoms with Crippen molar-refractivity contribution in [3.05, 3.63) is 18.0 Å². The number of nitrogens with one attached hydrogen (secondary N) is 1. The zero-order valence-corrected chi connectivity index (χ0v) is 13.3. The third-order valence-corrected chi connectivity index (χ3v) is 4.54. The van der Waals surface area contributed by atoms with Crippen molar-refractivity contribution in [1.82, 2.24) is 9.29 Å². The number of hydrogen-bond acceptors (Lipinski definition) is 4. The van der Waals surface area contributed by atoms with Gasteiger partial charge < -0.3 is 14.8 Å².